The number of carbonyl (C=O) groups excluding carboxylic acids is 2. The first-order valence-corrected chi connectivity index (χ1v) is 17.4. The number of benzene rings is 6. The molecule has 0 aliphatic heterocycles. The molecule has 6 heteroatoms. The van der Waals surface area contributed by atoms with Gasteiger partial charge in [0.15, 0.2) is 0 Å². The molecule has 0 heterocycles. The number of para-hydroxylation sites is 2. The second kappa shape index (κ2) is 20.8. The van der Waals surface area contributed by atoms with Gasteiger partial charge in [-0.05, 0) is 22.3 Å². The fraction of sp³-hybridized carbons (Fsp3) is 0.125. The Morgan fingerprint density at radius 1 is 0.481 bits per heavy atom. The number of nitrogens with zero attached hydrogens (tertiary/aromatic N) is 2. The van der Waals surface area contributed by atoms with Crippen molar-refractivity contribution in [1.82, 2.24) is 0 Å². The molecule has 0 fully saturated rings. The molecule has 7 rings (SSSR count). The molecule has 54 heavy (non-hydrogen) atoms. The minimum atomic E-state index is -0.222. The van der Waals surface area contributed by atoms with Gasteiger partial charge in [0.25, 0.3) is 0 Å². The van der Waals surface area contributed by atoms with Crippen LogP contribution in [0, 0.1) is 11.5 Å². The molecule has 0 spiro atoms. The van der Waals surface area contributed by atoms with E-state index in [2.05, 4.69) is 51.3 Å². The molecule has 268 valence electrons. The van der Waals surface area contributed by atoms with Crippen LogP contribution in [0.3, 0.4) is 0 Å². The summed E-state index contributed by atoms with van der Waals surface area (Å²) in [6, 6.07) is 53.4. The van der Waals surface area contributed by atoms with Crippen molar-refractivity contribution in [2.75, 3.05) is 0 Å². The molecule has 1 aliphatic rings. The third kappa shape index (κ3) is 11.6. The predicted octanol–water partition coefficient (Wildman–Crippen LogP) is 10.5. The third-order valence-corrected chi connectivity index (χ3v) is 9.02. The molecule has 1 aliphatic carbocycles. The van der Waals surface area contributed by atoms with E-state index in [1.807, 2.05) is 170 Å². The number of rotatable bonds is 6. The van der Waals surface area contributed by atoms with Crippen molar-refractivity contribution < 1.29 is 43.7 Å². The van der Waals surface area contributed by atoms with Gasteiger partial charge in [0.1, 0.15) is 0 Å². The average molecular weight is 763 g/mol. The summed E-state index contributed by atoms with van der Waals surface area (Å²) in [4.78, 5) is 24.9. The fourth-order valence-electron chi connectivity index (χ4n) is 5.84. The second-order valence-corrected chi connectivity index (χ2v) is 13.0. The van der Waals surface area contributed by atoms with Crippen LogP contribution >= 0.6 is 0 Å². The van der Waals surface area contributed by atoms with E-state index < -0.39 is 0 Å². The number of carbonyl (C=O) groups is 2. The summed E-state index contributed by atoms with van der Waals surface area (Å²) in [7, 11) is 0. The Labute approximate surface area is 341 Å². The zero-order valence-electron chi connectivity index (χ0n) is 31.3. The number of halogens is 1. The summed E-state index contributed by atoms with van der Waals surface area (Å²) < 4.78 is 0. The number of hydrogen-bond donors (Lipinski definition) is 0. The van der Waals surface area contributed by atoms with E-state index in [0.717, 1.165) is 22.3 Å². The first kappa shape index (κ1) is 43.2. The van der Waals surface area contributed by atoms with Gasteiger partial charge in [-0.1, -0.05) is 203 Å². The van der Waals surface area contributed by atoms with Crippen LogP contribution in [-0.4, -0.2) is 11.8 Å². The van der Waals surface area contributed by atoms with Crippen LogP contribution in [0.1, 0.15) is 55.3 Å². The third-order valence-electron chi connectivity index (χ3n) is 9.02. The summed E-state index contributed by atoms with van der Waals surface area (Å²) >= 11 is 0. The largest absolute Gasteiger partial charge is 4.00 e. The molecule has 4 nitrogen and oxygen atoms in total. The van der Waals surface area contributed by atoms with Crippen LogP contribution in [0.15, 0.2) is 187 Å². The van der Waals surface area contributed by atoms with Crippen LogP contribution in [0.25, 0.3) is 32.9 Å². The van der Waals surface area contributed by atoms with E-state index in [9.17, 15) is 9.59 Å². The van der Waals surface area contributed by atoms with E-state index in [-0.39, 0.29) is 51.4 Å². The Balaban J connectivity index is 0.000000227. The molecule has 0 unspecified atom stereocenters. The van der Waals surface area contributed by atoms with Gasteiger partial charge >= 0.3 is 21.7 Å². The van der Waals surface area contributed by atoms with Crippen molar-refractivity contribution in [1.29, 1.82) is 0 Å². The van der Waals surface area contributed by atoms with Gasteiger partial charge in [0, 0.05) is 11.1 Å². The topological polar surface area (TPSA) is 62.3 Å². The molecule has 2 amide bonds. The molecular weight excluding hydrogens is 720 g/mol. The Bertz CT molecular complexity index is 2030. The second-order valence-electron chi connectivity index (χ2n) is 13.0. The predicted molar refractivity (Wildman–Crippen MR) is 216 cm³/mol. The van der Waals surface area contributed by atoms with Crippen molar-refractivity contribution in [3.63, 3.8) is 0 Å². The number of amides is 2. The maximum atomic E-state index is 12.4. The van der Waals surface area contributed by atoms with Crippen LogP contribution in [0.4, 0.5) is 11.4 Å². The van der Waals surface area contributed by atoms with E-state index in [1.54, 1.807) is 0 Å². The molecule has 6 aromatic rings. The molecular formula is C48H43ClN2O2Ti. The zero-order chi connectivity index (χ0) is 36.9. The van der Waals surface area contributed by atoms with Gasteiger partial charge in [-0.3, -0.25) is 6.08 Å². The smallest absolute Gasteiger partial charge is 1.00 e. The van der Waals surface area contributed by atoms with Crippen LogP contribution in [-0.2, 0) is 21.7 Å². The molecule has 0 atom stereocenters. The normalized spacial score (nSPS) is 12.2. The monoisotopic (exact) mass is 762 g/mol. The van der Waals surface area contributed by atoms with Gasteiger partial charge in [0.2, 0.25) is 0 Å². The van der Waals surface area contributed by atoms with Crippen molar-refractivity contribution in [2.45, 2.75) is 34.6 Å². The summed E-state index contributed by atoms with van der Waals surface area (Å²) in [5.41, 5.74) is 10.8. The number of allylic oxidation sites excluding steroid dienone is 4. The SMILES string of the molecule is CC1=[C-]C(C)(C)C(C)=C1C.O=C([N-]c1ccccc1)c1ccccc1-c1ccccc1.O=C([N-]c1ccccc1)c1ccccc1-c1ccccc1.[Cl-].[Ti+4]. The van der Waals surface area contributed by atoms with Crippen molar-refractivity contribution in [3.8, 4) is 22.3 Å². The molecule has 0 bridgehead atoms. The van der Waals surface area contributed by atoms with Crippen molar-refractivity contribution in [3.05, 3.63) is 214 Å². The van der Waals surface area contributed by atoms with E-state index in [0.29, 0.717) is 22.5 Å². The maximum Gasteiger partial charge on any atom is 4.00 e. The zero-order valence-corrected chi connectivity index (χ0v) is 33.6. The van der Waals surface area contributed by atoms with Crippen molar-refractivity contribution >= 4 is 23.2 Å². The van der Waals surface area contributed by atoms with E-state index in [4.69, 9.17) is 0 Å². The maximum absolute atomic E-state index is 12.4. The van der Waals surface area contributed by atoms with Crippen LogP contribution in [0.2, 0.25) is 0 Å². The molecule has 0 radical (unpaired) electrons. The molecule has 0 saturated heterocycles. The van der Waals surface area contributed by atoms with Gasteiger partial charge in [-0.2, -0.15) is 11.1 Å². The minimum absolute atomic E-state index is 0. The summed E-state index contributed by atoms with van der Waals surface area (Å²) in [5.74, 6) is -0.443. The molecule has 0 aromatic heterocycles. The summed E-state index contributed by atoms with van der Waals surface area (Å²) in [6.07, 6.45) is 3.44. The van der Waals surface area contributed by atoms with Crippen LogP contribution < -0.4 is 12.4 Å². The quantitative estimate of drug-likeness (QED) is 0.125. The van der Waals surface area contributed by atoms with Gasteiger partial charge in [-0.15, -0.1) is 18.3 Å². The first-order valence-electron chi connectivity index (χ1n) is 17.4. The van der Waals surface area contributed by atoms with Gasteiger partial charge in [0.05, 0.1) is 11.8 Å². The van der Waals surface area contributed by atoms with E-state index in [1.165, 1.54) is 16.7 Å². The molecule has 6 aromatic carbocycles. The van der Waals surface area contributed by atoms with Gasteiger partial charge in [-0.25, -0.2) is 5.57 Å². The van der Waals surface area contributed by atoms with Crippen LogP contribution in [0.5, 0.6) is 0 Å². The standard InChI is InChI=1S/2C19H15NO.C10H15.ClH.Ti/c2*21-19(20-16-11-5-2-6-12-16)18-14-8-7-13-17(18)15-9-3-1-4-10-15;1-7-6-10(4,5)9(3)8(7)2;;/h2*1-14H,(H,20,21);1-5H3;1H;/q;;-1;;+4/p-3. The number of hydrogen-bond acceptors (Lipinski definition) is 2. The van der Waals surface area contributed by atoms with Gasteiger partial charge < -0.3 is 32.6 Å². The molecule has 0 saturated carbocycles. The average Bonchev–Trinajstić information content (AvgIpc) is 3.37. The summed E-state index contributed by atoms with van der Waals surface area (Å²) in [6.45, 7) is 10.9. The Hall–Kier alpha value is -5.26. The Morgan fingerprint density at radius 3 is 1.09 bits per heavy atom. The minimum Gasteiger partial charge on any atom is -1.00 e. The van der Waals surface area contributed by atoms with Crippen molar-refractivity contribution in [2.24, 2.45) is 5.41 Å². The Kier molecular flexibility index (Phi) is 16.7. The fourth-order valence-corrected chi connectivity index (χ4v) is 5.84. The van der Waals surface area contributed by atoms with E-state index >= 15 is 0 Å². The first-order chi connectivity index (χ1) is 25.1. The summed E-state index contributed by atoms with van der Waals surface area (Å²) in [5, 5.41) is 8.35. The Morgan fingerprint density at radius 2 is 0.796 bits per heavy atom. The molecule has 0 N–H and O–H groups in total.